The zero-order valence-electron chi connectivity index (χ0n) is 13.5. The topological polar surface area (TPSA) is 56.2 Å². The van der Waals surface area contributed by atoms with Gasteiger partial charge in [0.15, 0.2) is 0 Å². The van der Waals surface area contributed by atoms with Gasteiger partial charge in [-0.15, -0.1) is 0 Å². The van der Waals surface area contributed by atoms with E-state index in [1.54, 1.807) is 4.90 Å². The Labute approximate surface area is 127 Å². The van der Waals surface area contributed by atoms with Crippen molar-refractivity contribution in [3.8, 4) is 0 Å². The van der Waals surface area contributed by atoms with Crippen LogP contribution in [0.2, 0.25) is 0 Å². The second-order valence-corrected chi connectivity index (χ2v) is 7.12. The molecule has 0 radical (unpaired) electrons. The Morgan fingerprint density at radius 3 is 2.24 bits per heavy atom. The maximum absolute atomic E-state index is 11.9. The number of carbonyl (C=O) groups excluding carboxylic acids is 1. The van der Waals surface area contributed by atoms with Crippen molar-refractivity contribution in [2.45, 2.75) is 26.4 Å². The summed E-state index contributed by atoms with van der Waals surface area (Å²) in [4.78, 5) is 18.4. The van der Waals surface area contributed by atoms with Gasteiger partial charge in [-0.25, -0.2) is 4.79 Å². The van der Waals surface area contributed by atoms with Crippen molar-refractivity contribution in [2.24, 2.45) is 5.92 Å². The molecule has 6 nitrogen and oxygen atoms in total. The van der Waals surface area contributed by atoms with Gasteiger partial charge < -0.3 is 19.6 Å². The Morgan fingerprint density at radius 2 is 1.71 bits per heavy atom. The van der Waals surface area contributed by atoms with Gasteiger partial charge in [-0.1, -0.05) is 0 Å². The molecule has 0 unspecified atom stereocenters. The van der Waals surface area contributed by atoms with Crippen molar-refractivity contribution in [1.29, 1.82) is 0 Å². The van der Waals surface area contributed by atoms with Crippen LogP contribution in [0.4, 0.5) is 4.79 Å². The molecular formula is C15H29N3O3. The van der Waals surface area contributed by atoms with Gasteiger partial charge in [0.2, 0.25) is 0 Å². The largest absolute Gasteiger partial charge is 0.444 e. The molecule has 2 rings (SSSR count). The highest BCUT2D eigenvalue weighted by Crippen LogP contribution is 2.20. The van der Waals surface area contributed by atoms with E-state index in [0.29, 0.717) is 5.92 Å². The normalized spacial score (nSPS) is 22.2. The molecule has 0 bridgehead atoms. The fourth-order valence-corrected chi connectivity index (χ4v) is 2.86. The summed E-state index contributed by atoms with van der Waals surface area (Å²) in [6, 6.07) is 0. The molecule has 21 heavy (non-hydrogen) atoms. The molecule has 0 aromatic heterocycles. The number of amides is 1. The number of aliphatic hydroxyl groups excluding tert-OH is 1. The Balaban J connectivity index is 1.62. The van der Waals surface area contributed by atoms with E-state index in [9.17, 15) is 4.79 Å². The van der Waals surface area contributed by atoms with Crippen LogP contribution in [0.1, 0.15) is 20.8 Å². The maximum atomic E-state index is 11.9. The van der Waals surface area contributed by atoms with Gasteiger partial charge in [0.1, 0.15) is 5.60 Å². The highest BCUT2D eigenvalue weighted by molar-refractivity contribution is 5.69. The van der Waals surface area contributed by atoms with E-state index in [-0.39, 0.29) is 12.7 Å². The first-order valence-corrected chi connectivity index (χ1v) is 7.91. The van der Waals surface area contributed by atoms with Crippen LogP contribution in [0.15, 0.2) is 0 Å². The van der Waals surface area contributed by atoms with Crippen molar-refractivity contribution in [3.63, 3.8) is 0 Å². The summed E-state index contributed by atoms with van der Waals surface area (Å²) >= 11 is 0. The third-order valence-corrected chi connectivity index (χ3v) is 4.01. The van der Waals surface area contributed by atoms with Gasteiger partial charge in [-0.05, 0) is 20.8 Å². The van der Waals surface area contributed by atoms with Crippen LogP contribution in [0.5, 0.6) is 0 Å². The zero-order valence-corrected chi connectivity index (χ0v) is 13.5. The fourth-order valence-electron chi connectivity index (χ4n) is 2.86. The molecule has 2 heterocycles. The van der Waals surface area contributed by atoms with Crippen LogP contribution < -0.4 is 0 Å². The van der Waals surface area contributed by atoms with E-state index in [0.717, 1.165) is 52.4 Å². The monoisotopic (exact) mass is 299 g/mol. The summed E-state index contributed by atoms with van der Waals surface area (Å²) < 4.78 is 5.36. The molecule has 0 aliphatic carbocycles. The Hall–Kier alpha value is -0.850. The fraction of sp³-hybridized carbons (Fsp3) is 0.933. The molecular weight excluding hydrogens is 270 g/mol. The summed E-state index contributed by atoms with van der Waals surface area (Å²) in [7, 11) is 0. The van der Waals surface area contributed by atoms with Crippen molar-refractivity contribution < 1.29 is 14.6 Å². The zero-order chi connectivity index (χ0) is 15.5. The number of nitrogens with zero attached hydrogens (tertiary/aromatic N) is 3. The Bertz CT molecular complexity index is 343. The molecule has 2 fully saturated rings. The summed E-state index contributed by atoms with van der Waals surface area (Å²) in [5.74, 6) is 0.571. The van der Waals surface area contributed by atoms with E-state index in [1.807, 2.05) is 20.8 Å². The van der Waals surface area contributed by atoms with E-state index in [1.165, 1.54) is 0 Å². The van der Waals surface area contributed by atoms with Crippen LogP contribution in [-0.4, -0.2) is 90.5 Å². The number of β-amino-alcohol motifs (C(OH)–C–C–N with tert-alkyl or cyclic N) is 1. The van der Waals surface area contributed by atoms with Crippen molar-refractivity contribution in [1.82, 2.24) is 14.7 Å². The first-order valence-electron chi connectivity index (χ1n) is 7.91. The lowest BCUT2D eigenvalue weighted by molar-refractivity contribution is -0.00931. The highest BCUT2D eigenvalue weighted by Gasteiger charge is 2.34. The van der Waals surface area contributed by atoms with Crippen molar-refractivity contribution in [2.75, 3.05) is 59.0 Å². The predicted molar refractivity (Wildman–Crippen MR) is 81.3 cm³/mol. The summed E-state index contributed by atoms with van der Waals surface area (Å²) in [6.45, 7) is 13.6. The van der Waals surface area contributed by atoms with Crippen molar-refractivity contribution >= 4 is 6.09 Å². The average molecular weight is 299 g/mol. The second kappa shape index (κ2) is 6.94. The average Bonchev–Trinajstić information content (AvgIpc) is 2.33. The van der Waals surface area contributed by atoms with Gasteiger partial charge >= 0.3 is 6.09 Å². The third-order valence-electron chi connectivity index (χ3n) is 4.01. The molecule has 6 heteroatoms. The van der Waals surface area contributed by atoms with E-state index < -0.39 is 5.60 Å². The molecule has 0 spiro atoms. The number of aliphatic hydroxyl groups is 1. The summed E-state index contributed by atoms with van der Waals surface area (Å²) in [5, 5.41) is 8.93. The quantitative estimate of drug-likeness (QED) is 0.817. The van der Waals surface area contributed by atoms with Crippen molar-refractivity contribution in [3.05, 3.63) is 0 Å². The lowest BCUT2D eigenvalue weighted by atomic mass is 10.00. The van der Waals surface area contributed by atoms with Crippen LogP contribution in [0.3, 0.4) is 0 Å². The summed E-state index contributed by atoms with van der Waals surface area (Å²) in [6.07, 6.45) is -0.188. The SMILES string of the molecule is CC(C)(C)OC(=O)N1CC(CN2CCN(CCO)CC2)C1. The second-order valence-electron chi connectivity index (χ2n) is 7.12. The maximum Gasteiger partial charge on any atom is 0.410 e. The molecule has 1 N–H and O–H groups in total. The lowest BCUT2D eigenvalue weighted by Crippen LogP contribution is -2.57. The predicted octanol–water partition coefficient (Wildman–Crippen LogP) is 0.463. The first kappa shape index (κ1) is 16.5. The number of likely N-dealkylation sites (tertiary alicyclic amines) is 1. The van der Waals surface area contributed by atoms with E-state index in [2.05, 4.69) is 9.80 Å². The van der Waals surface area contributed by atoms with Crippen LogP contribution in [0.25, 0.3) is 0 Å². The minimum Gasteiger partial charge on any atom is -0.444 e. The van der Waals surface area contributed by atoms with Crippen LogP contribution in [0, 0.1) is 5.92 Å². The van der Waals surface area contributed by atoms with Gasteiger partial charge in [-0.2, -0.15) is 0 Å². The molecule has 122 valence electrons. The number of hydrogen-bond acceptors (Lipinski definition) is 5. The highest BCUT2D eigenvalue weighted by atomic mass is 16.6. The smallest absolute Gasteiger partial charge is 0.410 e. The van der Waals surface area contributed by atoms with Gasteiger partial charge in [0.05, 0.1) is 6.61 Å². The molecule has 2 saturated heterocycles. The Kier molecular flexibility index (Phi) is 5.46. The van der Waals surface area contributed by atoms with Crippen LogP contribution >= 0.6 is 0 Å². The minimum absolute atomic E-state index is 0.188. The van der Waals surface area contributed by atoms with Crippen LogP contribution in [-0.2, 0) is 4.74 Å². The number of carbonyl (C=O) groups is 1. The minimum atomic E-state index is -0.412. The van der Waals surface area contributed by atoms with E-state index >= 15 is 0 Å². The molecule has 0 atom stereocenters. The van der Waals surface area contributed by atoms with E-state index in [4.69, 9.17) is 9.84 Å². The standard InChI is InChI=1S/C15H29N3O3/c1-15(2,3)21-14(20)18-11-13(12-18)10-17-6-4-16(5-7-17)8-9-19/h13,19H,4-12H2,1-3H3. The molecule has 0 saturated carbocycles. The number of ether oxygens (including phenoxy) is 1. The molecule has 1 amide bonds. The van der Waals surface area contributed by atoms with Gasteiger partial charge in [-0.3, -0.25) is 4.90 Å². The molecule has 0 aromatic carbocycles. The molecule has 2 aliphatic heterocycles. The number of piperazine rings is 1. The van der Waals surface area contributed by atoms with Gasteiger partial charge in [0.25, 0.3) is 0 Å². The number of rotatable bonds is 4. The molecule has 2 aliphatic rings. The van der Waals surface area contributed by atoms with Gasteiger partial charge in [0, 0.05) is 58.3 Å². The molecule has 0 aromatic rings. The lowest BCUT2D eigenvalue weighted by Gasteiger charge is -2.43. The Morgan fingerprint density at radius 1 is 1.14 bits per heavy atom. The first-order chi connectivity index (χ1) is 9.87. The summed E-state index contributed by atoms with van der Waals surface area (Å²) in [5.41, 5.74) is -0.412. The third kappa shape index (κ3) is 5.13. The number of hydrogen-bond donors (Lipinski definition) is 1.